The lowest BCUT2D eigenvalue weighted by molar-refractivity contribution is 0.125. The molecule has 1 aromatic carbocycles. The van der Waals surface area contributed by atoms with E-state index in [4.69, 9.17) is 18.8 Å². The average molecular weight is 293 g/mol. The van der Waals surface area contributed by atoms with E-state index in [0.717, 1.165) is 5.56 Å². The third-order valence-electron chi connectivity index (χ3n) is 2.17. The molecule has 0 bridgehead atoms. The largest absolute Gasteiger partial charge is 0.475 e. The summed E-state index contributed by atoms with van der Waals surface area (Å²) < 4.78 is 27.5. The van der Waals surface area contributed by atoms with Crippen LogP contribution in [0.25, 0.3) is 0 Å². The molecule has 0 saturated carbocycles. The summed E-state index contributed by atoms with van der Waals surface area (Å²) in [5.74, 6) is 0. The molecule has 0 aliphatic heterocycles. The Labute approximate surface area is 118 Å². The zero-order valence-electron chi connectivity index (χ0n) is 11.0. The highest BCUT2D eigenvalue weighted by atomic mass is 31.2. The van der Waals surface area contributed by atoms with Crippen molar-refractivity contribution < 1.29 is 18.1 Å². The standard InChI is InChI=1S/C14H16NO4P/c1-3-9-17-20(16,18-10-4-2)19-12-14-7-5-13(11-15)6-8-14/h3-8H,1-2,9-10,12H2. The number of nitriles is 1. The molecule has 0 fully saturated rings. The van der Waals surface area contributed by atoms with E-state index < -0.39 is 7.82 Å². The third kappa shape index (κ3) is 5.52. The Hall–Kier alpha value is -1.70. The van der Waals surface area contributed by atoms with Gasteiger partial charge in [-0.3, -0.25) is 13.6 Å². The van der Waals surface area contributed by atoms with Crippen LogP contribution in [0.2, 0.25) is 0 Å². The Morgan fingerprint density at radius 3 is 2.10 bits per heavy atom. The van der Waals surface area contributed by atoms with E-state index in [-0.39, 0.29) is 19.8 Å². The van der Waals surface area contributed by atoms with Crippen LogP contribution in [0.4, 0.5) is 0 Å². The highest BCUT2D eigenvalue weighted by Gasteiger charge is 2.25. The Morgan fingerprint density at radius 1 is 1.10 bits per heavy atom. The molecule has 5 nitrogen and oxygen atoms in total. The predicted molar refractivity (Wildman–Crippen MR) is 75.9 cm³/mol. The van der Waals surface area contributed by atoms with Crippen molar-refractivity contribution in [3.05, 3.63) is 60.7 Å². The van der Waals surface area contributed by atoms with Crippen molar-refractivity contribution in [2.75, 3.05) is 13.2 Å². The normalized spacial score (nSPS) is 10.8. The van der Waals surface area contributed by atoms with Crippen molar-refractivity contribution in [1.29, 1.82) is 5.26 Å². The molecule has 1 rings (SSSR count). The van der Waals surface area contributed by atoms with Gasteiger partial charge >= 0.3 is 7.82 Å². The molecule has 0 amide bonds. The molecular weight excluding hydrogens is 277 g/mol. The van der Waals surface area contributed by atoms with Crippen LogP contribution in [0.3, 0.4) is 0 Å². The van der Waals surface area contributed by atoms with Crippen molar-refractivity contribution in [2.45, 2.75) is 6.61 Å². The molecule has 0 atom stereocenters. The summed E-state index contributed by atoms with van der Waals surface area (Å²) in [5.41, 5.74) is 1.30. The van der Waals surface area contributed by atoms with Crippen LogP contribution in [0.1, 0.15) is 11.1 Å². The second-order valence-corrected chi connectivity index (χ2v) is 5.37. The molecule has 0 aliphatic rings. The van der Waals surface area contributed by atoms with Crippen LogP contribution in [0, 0.1) is 11.3 Å². The first kappa shape index (κ1) is 16.4. The van der Waals surface area contributed by atoms with Gasteiger partial charge in [0.25, 0.3) is 0 Å². The molecule has 0 radical (unpaired) electrons. The van der Waals surface area contributed by atoms with Crippen molar-refractivity contribution in [2.24, 2.45) is 0 Å². The number of hydrogen-bond donors (Lipinski definition) is 0. The van der Waals surface area contributed by atoms with E-state index in [2.05, 4.69) is 13.2 Å². The fraction of sp³-hybridized carbons (Fsp3) is 0.214. The maximum Gasteiger partial charge on any atom is 0.475 e. The lowest BCUT2D eigenvalue weighted by atomic mass is 10.2. The number of hydrogen-bond acceptors (Lipinski definition) is 5. The zero-order chi connectivity index (χ0) is 14.8. The van der Waals surface area contributed by atoms with Crippen LogP contribution in [-0.4, -0.2) is 13.2 Å². The first-order valence-electron chi connectivity index (χ1n) is 5.88. The maximum atomic E-state index is 12.2. The molecule has 0 saturated heterocycles. The van der Waals surface area contributed by atoms with Crippen LogP contribution in [0.5, 0.6) is 0 Å². The van der Waals surface area contributed by atoms with Crippen molar-refractivity contribution in [1.82, 2.24) is 0 Å². The number of rotatable bonds is 9. The smallest absolute Gasteiger partial charge is 0.283 e. The number of phosphoric acid groups is 1. The number of benzene rings is 1. The van der Waals surface area contributed by atoms with Gasteiger partial charge in [-0.25, -0.2) is 4.57 Å². The fourth-order valence-electron chi connectivity index (χ4n) is 1.23. The lowest BCUT2D eigenvalue weighted by Gasteiger charge is -2.16. The van der Waals surface area contributed by atoms with Crippen molar-refractivity contribution in [3.63, 3.8) is 0 Å². The van der Waals surface area contributed by atoms with Gasteiger partial charge in [-0.2, -0.15) is 5.26 Å². The predicted octanol–water partition coefficient (Wildman–Crippen LogP) is 3.59. The van der Waals surface area contributed by atoms with Crippen LogP contribution in [0.15, 0.2) is 49.6 Å². The maximum absolute atomic E-state index is 12.2. The van der Waals surface area contributed by atoms with E-state index in [1.165, 1.54) is 12.2 Å². The third-order valence-corrected chi connectivity index (χ3v) is 3.55. The van der Waals surface area contributed by atoms with E-state index in [1.54, 1.807) is 24.3 Å². The van der Waals surface area contributed by atoms with E-state index >= 15 is 0 Å². The van der Waals surface area contributed by atoms with Gasteiger partial charge in [-0.1, -0.05) is 24.3 Å². The first-order chi connectivity index (χ1) is 9.63. The Morgan fingerprint density at radius 2 is 1.65 bits per heavy atom. The van der Waals surface area contributed by atoms with Gasteiger partial charge < -0.3 is 0 Å². The fourth-order valence-corrected chi connectivity index (χ4v) is 2.34. The summed E-state index contributed by atoms with van der Waals surface area (Å²) in [6.45, 7) is 7.11. The number of nitrogens with zero attached hydrogens (tertiary/aromatic N) is 1. The first-order valence-corrected chi connectivity index (χ1v) is 7.34. The van der Waals surface area contributed by atoms with Gasteiger partial charge in [0.05, 0.1) is 31.5 Å². The second kappa shape index (κ2) is 8.47. The highest BCUT2D eigenvalue weighted by Crippen LogP contribution is 2.50. The molecule has 0 aromatic heterocycles. The highest BCUT2D eigenvalue weighted by molar-refractivity contribution is 7.48. The zero-order valence-corrected chi connectivity index (χ0v) is 11.9. The Bertz CT molecular complexity index is 517. The molecule has 1 aromatic rings. The second-order valence-electron chi connectivity index (χ2n) is 3.70. The van der Waals surface area contributed by atoms with E-state index in [1.807, 2.05) is 6.07 Å². The monoisotopic (exact) mass is 293 g/mol. The Balaban J connectivity index is 2.64. The van der Waals surface area contributed by atoms with Gasteiger partial charge in [-0.15, -0.1) is 13.2 Å². The summed E-state index contributed by atoms with van der Waals surface area (Å²) in [7, 11) is -3.64. The topological polar surface area (TPSA) is 68.6 Å². The molecule has 0 spiro atoms. The van der Waals surface area contributed by atoms with Crippen LogP contribution in [-0.2, 0) is 24.7 Å². The van der Waals surface area contributed by atoms with Gasteiger partial charge in [0, 0.05) is 0 Å². The summed E-state index contributed by atoms with van der Waals surface area (Å²) in [6.07, 6.45) is 2.91. The minimum absolute atomic E-state index is 0.0528. The van der Waals surface area contributed by atoms with Gasteiger partial charge in [0.15, 0.2) is 0 Å². The van der Waals surface area contributed by atoms with Gasteiger partial charge in [0.2, 0.25) is 0 Å². The minimum Gasteiger partial charge on any atom is -0.283 e. The molecule has 0 aliphatic carbocycles. The number of phosphoric ester groups is 1. The summed E-state index contributed by atoms with van der Waals surface area (Å²) in [5, 5.41) is 8.70. The molecule has 0 heterocycles. The summed E-state index contributed by atoms with van der Waals surface area (Å²) >= 11 is 0. The lowest BCUT2D eigenvalue weighted by Crippen LogP contribution is -2.01. The molecule has 0 unspecified atom stereocenters. The molecule has 106 valence electrons. The van der Waals surface area contributed by atoms with Crippen molar-refractivity contribution >= 4 is 7.82 Å². The SMILES string of the molecule is C=CCOP(=O)(OCC=C)OCc1ccc(C#N)cc1. The molecular formula is C14H16NO4P. The van der Waals surface area contributed by atoms with Crippen molar-refractivity contribution in [3.8, 4) is 6.07 Å². The van der Waals surface area contributed by atoms with Gasteiger partial charge in [-0.05, 0) is 17.7 Å². The summed E-state index contributed by atoms with van der Waals surface area (Å²) in [6, 6.07) is 8.74. The van der Waals surface area contributed by atoms with Crippen LogP contribution < -0.4 is 0 Å². The molecule has 0 N–H and O–H groups in total. The Kier molecular flexibility index (Phi) is 6.92. The van der Waals surface area contributed by atoms with E-state index in [9.17, 15) is 4.57 Å². The molecule has 6 heteroatoms. The molecule has 20 heavy (non-hydrogen) atoms. The van der Waals surface area contributed by atoms with Crippen LogP contribution >= 0.6 is 7.82 Å². The quantitative estimate of drug-likeness (QED) is 0.514. The van der Waals surface area contributed by atoms with Gasteiger partial charge in [0.1, 0.15) is 0 Å². The minimum atomic E-state index is -3.64. The van der Waals surface area contributed by atoms with E-state index in [0.29, 0.717) is 5.56 Å². The average Bonchev–Trinajstić information content (AvgIpc) is 2.50. The summed E-state index contributed by atoms with van der Waals surface area (Å²) in [4.78, 5) is 0.